The summed E-state index contributed by atoms with van der Waals surface area (Å²) in [6, 6.07) is 7.05. The molecule has 2 aliphatic carbocycles. The maximum atomic E-state index is 13.3. The van der Waals surface area contributed by atoms with Gasteiger partial charge < -0.3 is 15.2 Å². The number of H-pyrrole nitrogens is 1. The molecule has 4 aliphatic rings. The Morgan fingerprint density at radius 3 is 2.48 bits per heavy atom. The number of likely N-dealkylation sites (tertiary alicyclic amines) is 1. The maximum Gasteiger partial charge on any atom is 0.305 e. The van der Waals surface area contributed by atoms with Crippen molar-refractivity contribution in [3.05, 3.63) is 44.4 Å². The zero-order valence-corrected chi connectivity index (χ0v) is 19.1. The normalized spacial score (nSPS) is 33.8. The number of hydrogen-bond acceptors (Lipinski definition) is 7. The Morgan fingerprint density at radius 2 is 1.79 bits per heavy atom. The van der Waals surface area contributed by atoms with Crippen LogP contribution in [0.25, 0.3) is 0 Å². The molecule has 1 aromatic carbocycles. The molecular weight excluding hydrogens is 464 g/mol. The molecule has 172 valence electrons. The van der Waals surface area contributed by atoms with Gasteiger partial charge in [-0.3, -0.25) is 24.1 Å². The molecular formula is C23H22N2O6S2. The van der Waals surface area contributed by atoms with Gasteiger partial charge in [-0.15, -0.1) is 11.8 Å². The molecule has 7 atom stereocenters. The number of carboxylic acids is 1. The second-order valence-electron chi connectivity index (χ2n) is 9.38. The van der Waals surface area contributed by atoms with Crippen molar-refractivity contribution in [2.24, 2.45) is 29.6 Å². The number of phenolic OH excluding ortho intramolecular Hbond substituents is 1. The van der Waals surface area contributed by atoms with Gasteiger partial charge in [-0.25, -0.2) is 0 Å². The number of thioether (sulfide) groups is 1. The number of carbonyl (C=O) groups excluding carboxylic acids is 2. The van der Waals surface area contributed by atoms with Gasteiger partial charge in [0, 0.05) is 29.0 Å². The van der Waals surface area contributed by atoms with Gasteiger partial charge in [-0.1, -0.05) is 23.5 Å². The molecule has 0 spiro atoms. The highest BCUT2D eigenvalue weighted by Gasteiger charge is 2.69. The molecule has 3 heterocycles. The van der Waals surface area contributed by atoms with Crippen molar-refractivity contribution in [2.75, 3.05) is 6.54 Å². The number of aromatic amines is 1. The molecule has 1 saturated heterocycles. The van der Waals surface area contributed by atoms with Crippen LogP contribution in [0.3, 0.4) is 0 Å². The third-order valence-corrected chi connectivity index (χ3v) is 10.4. The summed E-state index contributed by atoms with van der Waals surface area (Å²) in [6.45, 7) is 0.154. The second-order valence-corrected chi connectivity index (χ2v) is 11.6. The fourth-order valence-corrected chi connectivity index (χ4v) is 9.63. The fraction of sp³-hybridized carbons (Fsp3) is 0.478. The Kier molecular flexibility index (Phi) is 4.74. The number of rotatable bonds is 5. The monoisotopic (exact) mass is 486 g/mol. The molecule has 33 heavy (non-hydrogen) atoms. The highest BCUT2D eigenvalue weighted by molar-refractivity contribution is 8.00. The standard InChI is InChI=1S/C23H22N2O6S2/c26-10-5-3-9(4-6-10)14-15-11-8-12(18(15)32-20-19(14)33-23(31)24-20)17-16(11)21(29)25(22(17)30)7-1-2-13(27)28/h3-6,11-12,14-18,26H,1-2,7-8H2,(H,24,31)(H,27,28)/t11-,12-,14-,15+,16+,17+,18-/m1/s1. The summed E-state index contributed by atoms with van der Waals surface area (Å²) in [6.07, 6.45) is 1.00. The quantitative estimate of drug-likeness (QED) is 0.554. The number of aromatic nitrogens is 1. The predicted molar refractivity (Wildman–Crippen MR) is 120 cm³/mol. The number of carboxylic acid groups (broad SMARTS) is 1. The Bertz CT molecular complexity index is 1220. The summed E-state index contributed by atoms with van der Waals surface area (Å²) in [4.78, 5) is 54.8. The summed E-state index contributed by atoms with van der Waals surface area (Å²) in [5.41, 5.74) is 0.999. The van der Waals surface area contributed by atoms with Gasteiger partial charge in [-0.05, 0) is 48.3 Å². The second kappa shape index (κ2) is 7.46. The van der Waals surface area contributed by atoms with E-state index in [0.29, 0.717) is 0 Å². The number of aliphatic carboxylic acids is 1. The van der Waals surface area contributed by atoms with E-state index in [-0.39, 0.29) is 82.6 Å². The SMILES string of the molecule is O=C(O)CCCN1C(=O)[C@H]2[C@H]3C[C@@H]([C@@H]2C1=O)[C@H]1[C@@H](c2ccc(O)cc2)c2sc(=O)[nH]c2S[C@H]31. The lowest BCUT2D eigenvalue weighted by Gasteiger charge is -2.43. The van der Waals surface area contributed by atoms with Crippen molar-refractivity contribution in [1.29, 1.82) is 0 Å². The molecule has 8 nitrogen and oxygen atoms in total. The Morgan fingerprint density at radius 1 is 1.09 bits per heavy atom. The van der Waals surface area contributed by atoms with Gasteiger partial charge in [0.2, 0.25) is 11.8 Å². The van der Waals surface area contributed by atoms with Crippen LogP contribution in [0.2, 0.25) is 0 Å². The van der Waals surface area contributed by atoms with Gasteiger partial charge in [0.1, 0.15) is 5.75 Å². The van der Waals surface area contributed by atoms with Crippen LogP contribution >= 0.6 is 23.1 Å². The van der Waals surface area contributed by atoms with Gasteiger partial charge >= 0.3 is 10.8 Å². The van der Waals surface area contributed by atoms with E-state index in [0.717, 1.165) is 21.9 Å². The molecule has 2 saturated carbocycles. The van der Waals surface area contributed by atoms with E-state index in [4.69, 9.17) is 5.11 Å². The van der Waals surface area contributed by atoms with E-state index in [1.165, 1.54) is 16.2 Å². The van der Waals surface area contributed by atoms with E-state index in [2.05, 4.69) is 4.98 Å². The zero-order valence-electron chi connectivity index (χ0n) is 17.5. The molecule has 2 aromatic rings. The van der Waals surface area contributed by atoms with Crippen LogP contribution < -0.4 is 4.87 Å². The number of benzene rings is 1. The molecule has 1 aromatic heterocycles. The Balaban J connectivity index is 1.37. The lowest BCUT2D eigenvalue weighted by molar-refractivity contribution is -0.142. The van der Waals surface area contributed by atoms with Gasteiger partial charge in [-0.2, -0.15) is 0 Å². The highest BCUT2D eigenvalue weighted by Crippen LogP contribution is 2.68. The van der Waals surface area contributed by atoms with E-state index >= 15 is 0 Å². The number of amides is 2. The first-order valence-corrected chi connectivity index (χ1v) is 12.8. The number of phenols is 1. The van der Waals surface area contributed by atoms with Crippen LogP contribution in [0.1, 0.15) is 35.6 Å². The molecule has 10 heteroatoms. The first kappa shape index (κ1) is 21.0. The summed E-state index contributed by atoms with van der Waals surface area (Å²) in [5, 5.41) is 19.7. The number of nitrogens with zero attached hydrogens (tertiary/aromatic N) is 1. The summed E-state index contributed by atoms with van der Waals surface area (Å²) < 4.78 is 0. The molecule has 3 fully saturated rings. The highest BCUT2D eigenvalue weighted by atomic mass is 32.2. The number of carbonyl (C=O) groups is 3. The van der Waals surface area contributed by atoms with Crippen molar-refractivity contribution >= 4 is 40.9 Å². The minimum absolute atomic E-state index is 0.0302. The van der Waals surface area contributed by atoms with Crippen molar-refractivity contribution in [3.63, 3.8) is 0 Å². The van der Waals surface area contributed by atoms with E-state index < -0.39 is 5.97 Å². The first-order chi connectivity index (χ1) is 15.8. The topological polar surface area (TPSA) is 128 Å². The third-order valence-electron chi connectivity index (χ3n) is 7.84. The predicted octanol–water partition coefficient (Wildman–Crippen LogP) is 2.48. The van der Waals surface area contributed by atoms with Crippen LogP contribution in [-0.2, 0) is 14.4 Å². The average Bonchev–Trinajstić information content (AvgIpc) is 3.49. The van der Waals surface area contributed by atoms with E-state index in [9.17, 15) is 24.3 Å². The number of fused-ring (bicyclic) bond motifs is 9. The summed E-state index contributed by atoms with van der Waals surface area (Å²) >= 11 is 2.84. The maximum absolute atomic E-state index is 13.3. The number of nitrogens with one attached hydrogen (secondary N) is 1. The van der Waals surface area contributed by atoms with Crippen LogP contribution in [0.5, 0.6) is 5.75 Å². The van der Waals surface area contributed by atoms with E-state index in [1.807, 2.05) is 12.1 Å². The van der Waals surface area contributed by atoms with Gasteiger partial charge in [0.25, 0.3) is 0 Å². The van der Waals surface area contributed by atoms with Crippen molar-refractivity contribution in [1.82, 2.24) is 9.88 Å². The minimum Gasteiger partial charge on any atom is -0.508 e. The molecule has 2 aliphatic heterocycles. The van der Waals surface area contributed by atoms with Crippen molar-refractivity contribution < 1.29 is 24.6 Å². The molecule has 2 bridgehead atoms. The Hall–Kier alpha value is -2.59. The van der Waals surface area contributed by atoms with E-state index in [1.54, 1.807) is 23.9 Å². The summed E-state index contributed by atoms with van der Waals surface area (Å²) in [5.74, 6) is -1.69. The van der Waals surface area contributed by atoms with Gasteiger partial charge in [0.15, 0.2) is 0 Å². The fourth-order valence-electron chi connectivity index (χ4n) is 6.74. The third kappa shape index (κ3) is 3.03. The van der Waals surface area contributed by atoms with Gasteiger partial charge in [0.05, 0.1) is 16.9 Å². The number of imide groups is 1. The smallest absolute Gasteiger partial charge is 0.305 e. The van der Waals surface area contributed by atoms with Crippen molar-refractivity contribution in [2.45, 2.75) is 35.5 Å². The molecule has 3 N–H and O–H groups in total. The largest absolute Gasteiger partial charge is 0.508 e. The minimum atomic E-state index is -0.936. The Labute approximate surface area is 197 Å². The number of thiazole rings is 1. The molecule has 0 radical (unpaired) electrons. The van der Waals surface area contributed by atoms with Crippen LogP contribution in [-0.4, -0.2) is 49.7 Å². The molecule has 6 rings (SSSR count). The zero-order chi connectivity index (χ0) is 23.0. The lowest BCUT2D eigenvalue weighted by Crippen LogP contribution is -2.42. The van der Waals surface area contributed by atoms with Crippen LogP contribution in [0.15, 0.2) is 34.1 Å². The number of aromatic hydroxyl groups is 1. The van der Waals surface area contributed by atoms with Crippen LogP contribution in [0.4, 0.5) is 0 Å². The molecule has 0 unspecified atom stereocenters. The average molecular weight is 487 g/mol. The molecule has 2 amide bonds. The lowest BCUT2D eigenvalue weighted by atomic mass is 9.68. The summed E-state index contributed by atoms with van der Waals surface area (Å²) in [7, 11) is 0. The van der Waals surface area contributed by atoms with Crippen LogP contribution in [0, 0.1) is 29.6 Å². The first-order valence-electron chi connectivity index (χ1n) is 11.1. The van der Waals surface area contributed by atoms with Crippen molar-refractivity contribution in [3.8, 4) is 5.75 Å². The number of hydrogen-bond donors (Lipinski definition) is 3.